The van der Waals surface area contributed by atoms with Gasteiger partial charge in [-0.2, -0.15) is 0 Å². The van der Waals surface area contributed by atoms with Gasteiger partial charge in [0.1, 0.15) is 11.7 Å². The maximum Gasteiger partial charge on any atom is 0.260 e. The summed E-state index contributed by atoms with van der Waals surface area (Å²) in [5.41, 5.74) is 1.52. The third-order valence-electron chi connectivity index (χ3n) is 6.00. The summed E-state index contributed by atoms with van der Waals surface area (Å²) in [6.07, 6.45) is 2.44. The van der Waals surface area contributed by atoms with Crippen LogP contribution in [0.2, 0.25) is 0 Å². The summed E-state index contributed by atoms with van der Waals surface area (Å²) in [5.74, 6) is -1.18. The first kappa shape index (κ1) is 19.8. The standard InChI is InChI=1S/C21H22FN5O4/c22-13-9-23-21(24-14-5-7-31-10-17(14)28)25-18(13)11-3-4-12-16(8-11)27-6-1-2-15(27)20(30)26-19(12)29/h3-4,8-9,14-15,17,28H,1-2,5-7,10H2,(H,23,24,25)(H,26,29,30)/t14-,15-,17-/m1/s1. The molecular weight excluding hydrogens is 405 g/mol. The van der Waals surface area contributed by atoms with Gasteiger partial charge in [-0.05, 0) is 31.4 Å². The topological polar surface area (TPSA) is 117 Å². The van der Waals surface area contributed by atoms with Crippen LogP contribution in [0.15, 0.2) is 24.4 Å². The summed E-state index contributed by atoms with van der Waals surface area (Å²) in [6.45, 7) is 1.36. The quantitative estimate of drug-likeness (QED) is 0.624. The molecule has 3 atom stereocenters. The number of nitrogens with one attached hydrogen (secondary N) is 2. The molecule has 10 heteroatoms. The van der Waals surface area contributed by atoms with E-state index in [0.717, 1.165) is 12.6 Å². The number of rotatable bonds is 3. The van der Waals surface area contributed by atoms with Gasteiger partial charge in [-0.3, -0.25) is 14.9 Å². The van der Waals surface area contributed by atoms with Crippen LogP contribution in [0.5, 0.6) is 0 Å². The molecule has 0 saturated carbocycles. The SMILES string of the molecule is O=C1NC(=O)[C@H]2CCCN2c2cc(-c3nc(N[C@@H]4CCOC[C@H]4O)ncc3F)ccc21. The molecule has 3 aliphatic rings. The molecular formula is C21H22FN5O4. The van der Waals surface area contributed by atoms with E-state index in [-0.39, 0.29) is 30.2 Å². The molecule has 0 spiro atoms. The minimum Gasteiger partial charge on any atom is -0.389 e. The molecule has 162 valence electrons. The molecule has 3 N–H and O–H groups in total. The van der Waals surface area contributed by atoms with Crippen LogP contribution in [0.1, 0.15) is 29.6 Å². The van der Waals surface area contributed by atoms with E-state index in [2.05, 4.69) is 20.6 Å². The number of aliphatic hydroxyl groups excluding tert-OH is 1. The highest BCUT2D eigenvalue weighted by Gasteiger charge is 2.37. The second-order valence-corrected chi connectivity index (χ2v) is 7.97. The lowest BCUT2D eigenvalue weighted by molar-refractivity contribution is -0.121. The van der Waals surface area contributed by atoms with Crippen LogP contribution in [0.4, 0.5) is 16.0 Å². The van der Waals surface area contributed by atoms with Gasteiger partial charge >= 0.3 is 0 Å². The van der Waals surface area contributed by atoms with Gasteiger partial charge in [-0.15, -0.1) is 0 Å². The number of nitrogens with zero attached hydrogens (tertiary/aromatic N) is 3. The van der Waals surface area contributed by atoms with Crippen molar-refractivity contribution in [3.63, 3.8) is 0 Å². The van der Waals surface area contributed by atoms with Gasteiger partial charge < -0.3 is 20.1 Å². The van der Waals surface area contributed by atoms with Crippen molar-refractivity contribution in [3.05, 3.63) is 35.8 Å². The van der Waals surface area contributed by atoms with Crippen LogP contribution < -0.4 is 15.5 Å². The number of carbonyl (C=O) groups is 2. The molecule has 4 heterocycles. The van der Waals surface area contributed by atoms with E-state index in [4.69, 9.17) is 4.74 Å². The van der Waals surface area contributed by atoms with E-state index < -0.39 is 23.9 Å². The molecule has 1 aromatic carbocycles. The molecule has 9 nitrogen and oxygen atoms in total. The van der Waals surface area contributed by atoms with Crippen molar-refractivity contribution in [2.45, 2.75) is 37.5 Å². The van der Waals surface area contributed by atoms with Crippen LogP contribution in [0, 0.1) is 5.82 Å². The Kier molecular flexibility index (Phi) is 5.03. The third kappa shape index (κ3) is 3.61. The first-order chi connectivity index (χ1) is 15.0. The number of fused-ring (bicyclic) bond motifs is 3. The van der Waals surface area contributed by atoms with E-state index in [0.29, 0.717) is 42.8 Å². The fraction of sp³-hybridized carbons (Fsp3) is 0.429. The van der Waals surface area contributed by atoms with Crippen molar-refractivity contribution in [1.82, 2.24) is 15.3 Å². The molecule has 0 bridgehead atoms. The van der Waals surface area contributed by atoms with E-state index in [9.17, 15) is 19.1 Å². The molecule has 1 aromatic heterocycles. The van der Waals surface area contributed by atoms with Gasteiger partial charge in [-0.25, -0.2) is 14.4 Å². The Bertz CT molecular complexity index is 1050. The second-order valence-electron chi connectivity index (χ2n) is 7.97. The van der Waals surface area contributed by atoms with Gasteiger partial charge in [-0.1, -0.05) is 6.07 Å². The lowest BCUT2D eigenvalue weighted by Gasteiger charge is -2.28. The summed E-state index contributed by atoms with van der Waals surface area (Å²) in [6, 6.07) is 4.19. The highest BCUT2D eigenvalue weighted by molar-refractivity contribution is 6.12. The van der Waals surface area contributed by atoms with Crippen molar-refractivity contribution in [3.8, 4) is 11.3 Å². The minimum absolute atomic E-state index is 0.0774. The summed E-state index contributed by atoms with van der Waals surface area (Å²) in [4.78, 5) is 35.0. The fourth-order valence-electron chi connectivity index (χ4n) is 4.39. The van der Waals surface area contributed by atoms with Crippen LogP contribution in [-0.2, 0) is 9.53 Å². The lowest BCUT2D eigenvalue weighted by atomic mass is 10.0. The zero-order valence-corrected chi connectivity index (χ0v) is 16.7. The number of benzene rings is 1. The summed E-state index contributed by atoms with van der Waals surface area (Å²) < 4.78 is 19.9. The Balaban J connectivity index is 1.50. The molecule has 2 fully saturated rings. The van der Waals surface area contributed by atoms with Crippen molar-refractivity contribution in [1.29, 1.82) is 0 Å². The maximum atomic E-state index is 14.7. The van der Waals surface area contributed by atoms with Gasteiger partial charge in [0.15, 0.2) is 5.82 Å². The Labute approximate surface area is 177 Å². The van der Waals surface area contributed by atoms with Crippen molar-refractivity contribution < 1.29 is 23.8 Å². The van der Waals surface area contributed by atoms with Gasteiger partial charge in [0.2, 0.25) is 11.9 Å². The van der Waals surface area contributed by atoms with Gasteiger partial charge in [0.05, 0.1) is 36.2 Å². The smallest absolute Gasteiger partial charge is 0.260 e. The van der Waals surface area contributed by atoms with E-state index in [1.165, 1.54) is 0 Å². The number of imide groups is 1. The first-order valence-electron chi connectivity index (χ1n) is 10.3. The number of hydrogen-bond donors (Lipinski definition) is 3. The number of aliphatic hydroxyl groups is 1. The second kappa shape index (κ2) is 7.86. The van der Waals surface area contributed by atoms with Crippen LogP contribution in [-0.4, -0.2) is 64.8 Å². The Morgan fingerprint density at radius 2 is 2.16 bits per heavy atom. The molecule has 5 rings (SSSR count). The Morgan fingerprint density at radius 3 is 3.00 bits per heavy atom. The predicted octanol–water partition coefficient (Wildman–Crippen LogP) is 1.08. The molecule has 0 unspecified atom stereocenters. The zero-order valence-electron chi connectivity index (χ0n) is 16.7. The number of hydrogen-bond acceptors (Lipinski definition) is 8. The molecule has 3 aliphatic heterocycles. The number of amides is 2. The van der Waals surface area contributed by atoms with Gasteiger partial charge in [0, 0.05) is 18.7 Å². The molecule has 0 radical (unpaired) electrons. The van der Waals surface area contributed by atoms with E-state index in [1.807, 2.05) is 4.90 Å². The summed E-state index contributed by atoms with van der Waals surface area (Å²) in [5, 5.41) is 15.6. The fourth-order valence-corrected chi connectivity index (χ4v) is 4.39. The summed E-state index contributed by atoms with van der Waals surface area (Å²) >= 11 is 0. The van der Waals surface area contributed by atoms with Crippen LogP contribution >= 0.6 is 0 Å². The monoisotopic (exact) mass is 427 g/mol. The van der Waals surface area contributed by atoms with Crippen molar-refractivity contribution in [2.75, 3.05) is 30.0 Å². The predicted molar refractivity (Wildman–Crippen MR) is 109 cm³/mol. The molecule has 0 aliphatic carbocycles. The Morgan fingerprint density at radius 1 is 1.29 bits per heavy atom. The minimum atomic E-state index is -0.707. The van der Waals surface area contributed by atoms with E-state index in [1.54, 1.807) is 18.2 Å². The zero-order chi connectivity index (χ0) is 21.5. The molecule has 2 amide bonds. The number of ether oxygens (including phenoxy) is 1. The highest BCUT2D eigenvalue weighted by Crippen LogP contribution is 2.35. The van der Waals surface area contributed by atoms with Gasteiger partial charge in [0.25, 0.3) is 5.91 Å². The Hall–Kier alpha value is -3.11. The largest absolute Gasteiger partial charge is 0.389 e. The van der Waals surface area contributed by atoms with Crippen LogP contribution in [0.25, 0.3) is 11.3 Å². The van der Waals surface area contributed by atoms with Crippen molar-refractivity contribution in [2.24, 2.45) is 0 Å². The normalized spacial score (nSPS) is 25.5. The molecule has 2 saturated heterocycles. The van der Waals surface area contributed by atoms with E-state index >= 15 is 0 Å². The highest BCUT2D eigenvalue weighted by atomic mass is 19.1. The molecule has 31 heavy (non-hydrogen) atoms. The lowest BCUT2D eigenvalue weighted by Crippen LogP contribution is -2.42. The third-order valence-corrected chi connectivity index (χ3v) is 6.00. The summed E-state index contributed by atoms with van der Waals surface area (Å²) in [7, 11) is 0. The van der Waals surface area contributed by atoms with Crippen molar-refractivity contribution >= 4 is 23.5 Å². The number of halogens is 1. The average molecular weight is 427 g/mol. The first-order valence-corrected chi connectivity index (χ1v) is 10.3. The maximum absolute atomic E-state index is 14.7. The number of aromatic nitrogens is 2. The number of anilines is 2. The van der Waals surface area contributed by atoms with Crippen LogP contribution in [0.3, 0.4) is 0 Å². The molecule has 2 aromatic rings. The average Bonchev–Trinajstić information content (AvgIpc) is 3.23. The number of carbonyl (C=O) groups excluding carboxylic acids is 2.